The van der Waals surface area contributed by atoms with E-state index in [1.165, 1.54) is 26.4 Å². The summed E-state index contributed by atoms with van der Waals surface area (Å²) in [6.07, 6.45) is -6.25. The van der Waals surface area contributed by atoms with Gasteiger partial charge < -0.3 is 19.5 Å². The lowest BCUT2D eigenvalue weighted by Gasteiger charge is -2.14. The summed E-state index contributed by atoms with van der Waals surface area (Å²) in [5.74, 6) is 0.481. The molecule has 4 nitrogen and oxygen atoms in total. The number of alkyl halides is 6. The highest BCUT2D eigenvalue weighted by molar-refractivity contribution is 9.11. The quantitative estimate of drug-likeness (QED) is 0.403. The van der Waals surface area contributed by atoms with Crippen molar-refractivity contribution in [3.05, 3.63) is 57.6 Å². The fourth-order valence-electron chi connectivity index (χ4n) is 3.22. The van der Waals surface area contributed by atoms with Gasteiger partial charge in [-0.2, -0.15) is 26.3 Å². The SMILES string of the molecule is COc1ccc(C(F)(F)F)cc1B(O)O.COc1ccc(C(F)(F)F)cc1C1=C(Br)CCC1. The molecule has 0 fully saturated rings. The van der Waals surface area contributed by atoms with Crippen molar-refractivity contribution in [2.75, 3.05) is 14.2 Å². The Labute approximate surface area is 195 Å². The summed E-state index contributed by atoms with van der Waals surface area (Å²) < 4.78 is 85.8. The zero-order valence-electron chi connectivity index (χ0n) is 17.5. The molecule has 0 aliphatic heterocycles. The number of halogens is 7. The molecule has 0 radical (unpaired) electrons. The summed E-state index contributed by atoms with van der Waals surface area (Å²) in [6.45, 7) is 0. The predicted molar refractivity (Wildman–Crippen MR) is 116 cm³/mol. The van der Waals surface area contributed by atoms with E-state index in [0.29, 0.717) is 17.4 Å². The second kappa shape index (κ2) is 10.8. The van der Waals surface area contributed by atoms with Crippen molar-refractivity contribution >= 4 is 34.1 Å². The molecular weight excluding hydrogens is 521 g/mol. The molecule has 1 aliphatic carbocycles. The smallest absolute Gasteiger partial charge is 0.492 e. The third-order valence-electron chi connectivity index (χ3n) is 4.84. The Bertz CT molecular complexity index is 1010. The molecule has 1 aliphatic rings. The minimum absolute atomic E-state index is 0.00185. The predicted octanol–water partition coefficient (Wildman–Crippen LogP) is 5.40. The lowest BCUT2D eigenvalue weighted by atomic mass is 9.78. The Morgan fingerprint density at radius 2 is 1.33 bits per heavy atom. The fourth-order valence-corrected chi connectivity index (χ4v) is 3.91. The molecule has 2 N–H and O–H groups in total. The molecule has 180 valence electrons. The number of allylic oxidation sites excluding steroid dienone is 2. The van der Waals surface area contributed by atoms with E-state index in [-0.39, 0.29) is 11.2 Å². The zero-order chi connectivity index (χ0) is 25.0. The van der Waals surface area contributed by atoms with Crippen molar-refractivity contribution < 1.29 is 45.9 Å². The Balaban J connectivity index is 0.000000238. The maximum atomic E-state index is 12.7. The maximum absolute atomic E-state index is 12.7. The van der Waals surface area contributed by atoms with Gasteiger partial charge in [-0.15, -0.1) is 0 Å². The highest BCUT2D eigenvalue weighted by Gasteiger charge is 2.33. The molecule has 0 bridgehead atoms. The molecule has 0 aromatic heterocycles. The van der Waals surface area contributed by atoms with Crippen molar-refractivity contribution in [3.8, 4) is 11.5 Å². The van der Waals surface area contributed by atoms with Gasteiger partial charge in [-0.05, 0) is 65.7 Å². The van der Waals surface area contributed by atoms with Gasteiger partial charge in [-0.3, -0.25) is 0 Å². The van der Waals surface area contributed by atoms with E-state index in [4.69, 9.17) is 14.8 Å². The van der Waals surface area contributed by atoms with Gasteiger partial charge in [0.25, 0.3) is 0 Å². The number of hydrogen-bond donors (Lipinski definition) is 2. The summed E-state index contributed by atoms with van der Waals surface area (Å²) >= 11 is 3.42. The largest absolute Gasteiger partial charge is 0.497 e. The van der Waals surface area contributed by atoms with Crippen LogP contribution >= 0.6 is 15.9 Å². The van der Waals surface area contributed by atoms with Crippen LogP contribution in [-0.2, 0) is 12.4 Å². The molecule has 0 saturated carbocycles. The first-order valence-electron chi connectivity index (χ1n) is 9.54. The molecule has 3 rings (SSSR count). The van der Waals surface area contributed by atoms with E-state index < -0.39 is 30.6 Å². The number of ether oxygens (including phenoxy) is 2. The Morgan fingerprint density at radius 3 is 1.76 bits per heavy atom. The van der Waals surface area contributed by atoms with Gasteiger partial charge in [0.1, 0.15) is 11.5 Å². The van der Waals surface area contributed by atoms with Gasteiger partial charge in [0, 0.05) is 11.0 Å². The molecule has 33 heavy (non-hydrogen) atoms. The van der Waals surface area contributed by atoms with Gasteiger partial charge >= 0.3 is 19.5 Å². The second-order valence-electron chi connectivity index (χ2n) is 6.98. The average Bonchev–Trinajstić information content (AvgIpc) is 3.17. The third-order valence-corrected chi connectivity index (χ3v) is 5.71. The van der Waals surface area contributed by atoms with E-state index in [1.54, 1.807) is 0 Å². The van der Waals surface area contributed by atoms with E-state index in [0.717, 1.165) is 47.5 Å². The van der Waals surface area contributed by atoms with Gasteiger partial charge in [-0.25, -0.2) is 0 Å². The van der Waals surface area contributed by atoms with E-state index >= 15 is 0 Å². The minimum Gasteiger partial charge on any atom is -0.497 e. The van der Waals surface area contributed by atoms with Crippen LogP contribution in [0.15, 0.2) is 40.9 Å². The highest BCUT2D eigenvalue weighted by atomic mass is 79.9. The van der Waals surface area contributed by atoms with Crippen molar-refractivity contribution in [3.63, 3.8) is 0 Å². The van der Waals surface area contributed by atoms with E-state index in [9.17, 15) is 26.3 Å². The second-order valence-corrected chi connectivity index (χ2v) is 7.94. The Hall–Kier alpha value is -2.18. The van der Waals surface area contributed by atoms with Gasteiger partial charge in [0.15, 0.2) is 0 Å². The molecule has 0 unspecified atom stereocenters. The lowest BCUT2D eigenvalue weighted by Crippen LogP contribution is -2.32. The summed E-state index contributed by atoms with van der Waals surface area (Å²) in [5.41, 5.74) is -0.452. The molecule has 0 amide bonds. The number of rotatable bonds is 4. The first kappa shape index (κ1) is 27.1. The van der Waals surface area contributed by atoms with Crippen LogP contribution < -0.4 is 14.9 Å². The molecule has 0 atom stereocenters. The van der Waals surface area contributed by atoms with Crippen LogP contribution in [0, 0.1) is 0 Å². The molecule has 2 aromatic rings. The molecular formula is C21H20BBrF6O4. The standard InChI is InChI=1S/C13H12BrF3O.C8H8BF3O3/c1-18-12-6-5-8(13(15,16)17)7-10(12)9-3-2-4-11(9)14;1-15-7-3-2-5(8(10,11)12)4-6(7)9(13)14/h5-7H,2-4H2,1H3;2-4,13-14H,1H3. The van der Waals surface area contributed by atoms with Gasteiger partial charge in [0.2, 0.25) is 0 Å². The van der Waals surface area contributed by atoms with Crippen LogP contribution in [0.1, 0.15) is 36.0 Å². The summed E-state index contributed by atoms with van der Waals surface area (Å²) in [7, 11) is 0.700. The summed E-state index contributed by atoms with van der Waals surface area (Å²) in [4.78, 5) is 0. The van der Waals surface area contributed by atoms with Crippen LogP contribution in [-0.4, -0.2) is 31.4 Å². The van der Waals surface area contributed by atoms with Crippen LogP contribution in [0.3, 0.4) is 0 Å². The van der Waals surface area contributed by atoms with Crippen molar-refractivity contribution in [2.45, 2.75) is 31.6 Å². The first-order chi connectivity index (χ1) is 15.3. The fraction of sp³-hybridized carbons (Fsp3) is 0.333. The van der Waals surface area contributed by atoms with Crippen LogP contribution in [0.5, 0.6) is 11.5 Å². The molecule has 0 spiro atoms. The Kier molecular flexibility index (Phi) is 8.89. The van der Waals surface area contributed by atoms with Crippen molar-refractivity contribution in [2.24, 2.45) is 0 Å². The highest BCUT2D eigenvalue weighted by Crippen LogP contribution is 2.42. The van der Waals surface area contributed by atoms with Crippen molar-refractivity contribution in [1.29, 1.82) is 0 Å². The van der Waals surface area contributed by atoms with Gasteiger partial charge in [-0.1, -0.05) is 15.9 Å². The monoisotopic (exact) mass is 540 g/mol. The molecule has 0 heterocycles. The van der Waals surface area contributed by atoms with E-state index in [1.807, 2.05) is 0 Å². The lowest BCUT2D eigenvalue weighted by molar-refractivity contribution is -0.138. The minimum atomic E-state index is -4.52. The first-order valence-corrected chi connectivity index (χ1v) is 10.3. The van der Waals surface area contributed by atoms with Crippen LogP contribution in [0.4, 0.5) is 26.3 Å². The van der Waals surface area contributed by atoms with Crippen LogP contribution in [0.2, 0.25) is 0 Å². The van der Waals surface area contributed by atoms with Gasteiger partial charge in [0.05, 0.1) is 25.3 Å². The number of methoxy groups -OCH3 is 2. The van der Waals surface area contributed by atoms with Crippen molar-refractivity contribution in [1.82, 2.24) is 0 Å². The summed E-state index contributed by atoms with van der Waals surface area (Å²) in [6, 6.07) is 6.09. The topological polar surface area (TPSA) is 58.9 Å². The van der Waals surface area contributed by atoms with Crippen LogP contribution in [0.25, 0.3) is 5.57 Å². The molecule has 0 saturated heterocycles. The Morgan fingerprint density at radius 1 is 0.818 bits per heavy atom. The maximum Gasteiger partial charge on any atom is 0.492 e. The zero-order valence-corrected chi connectivity index (χ0v) is 19.1. The normalized spacial score (nSPS) is 14.0. The molecule has 12 heteroatoms. The number of hydrogen-bond acceptors (Lipinski definition) is 4. The number of benzene rings is 2. The average molecular weight is 541 g/mol. The third kappa shape index (κ3) is 6.91. The molecule has 2 aromatic carbocycles. The van der Waals surface area contributed by atoms with E-state index in [2.05, 4.69) is 20.7 Å². The summed E-state index contributed by atoms with van der Waals surface area (Å²) in [5, 5.41) is 17.7.